The summed E-state index contributed by atoms with van der Waals surface area (Å²) >= 11 is 9.36. The van der Waals surface area contributed by atoms with Gasteiger partial charge in [0.05, 0.1) is 0 Å². The van der Waals surface area contributed by atoms with E-state index in [9.17, 15) is 0 Å². The molecular weight excluding hydrogens is 242 g/mol. The second-order valence-electron chi connectivity index (χ2n) is 2.39. The summed E-state index contributed by atoms with van der Waals surface area (Å²) in [7, 11) is 2.06. The minimum atomic E-state index is 0.801. The minimum Gasteiger partial charge on any atom is -0.292 e. The molecular formula is C7H10BrNS2. The van der Waals surface area contributed by atoms with Gasteiger partial charge in [-0.25, -0.2) is 0 Å². The molecule has 0 amide bonds. The van der Waals surface area contributed by atoms with Crippen molar-refractivity contribution < 1.29 is 0 Å². The molecule has 1 aromatic rings. The van der Waals surface area contributed by atoms with E-state index >= 15 is 0 Å². The molecule has 0 bridgehead atoms. The summed E-state index contributed by atoms with van der Waals surface area (Å²) in [5.41, 5.74) is 0. The Kier molecular flexibility index (Phi) is 3.92. The van der Waals surface area contributed by atoms with Gasteiger partial charge in [0.25, 0.3) is 0 Å². The largest absolute Gasteiger partial charge is 0.292 e. The molecule has 62 valence electrons. The molecule has 1 nitrogen and oxygen atoms in total. The summed E-state index contributed by atoms with van der Waals surface area (Å²) < 4.78 is 1.17. The van der Waals surface area contributed by atoms with Crippen LogP contribution in [-0.2, 0) is 6.54 Å². The molecule has 0 aromatic carbocycles. The average molecular weight is 252 g/mol. The molecule has 0 saturated heterocycles. The van der Waals surface area contributed by atoms with Crippen LogP contribution < -0.4 is 0 Å². The average Bonchev–Trinajstić information content (AvgIpc) is 2.35. The molecule has 0 aliphatic carbocycles. The van der Waals surface area contributed by atoms with E-state index in [-0.39, 0.29) is 0 Å². The predicted octanol–water partition coefficient (Wildman–Crippen LogP) is 2.83. The van der Waals surface area contributed by atoms with Crippen LogP contribution in [0.15, 0.2) is 15.9 Å². The van der Waals surface area contributed by atoms with Gasteiger partial charge in [0, 0.05) is 27.2 Å². The van der Waals surface area contributed by atoms with E-state index < -0.39 is 0 Å². The fourth-order valence-corrected chi connectivity index (χ4v) is 2.38. The van der Waals surface area contributed by atoms with Gasteiger partial charge in [0.15, 0.2) is 0 Å². The van der Waals surface area contributed by atoms with E-state index in [0.29, 0.717) is 0 Å². The van der Waals surface area contributed by atoms with Crippen molar-refractivity contribution in [1.82, 2.24) is 4.90 Å². The third-order valence-electron chi connectivity index (χ3n) is 1.29. The van der Waals surface area contributed by atoms with Gasteiger partial charge in [0.2, 0.25) is 0 Å². The Morgan fingerprint density at radius 3 is 2.91 bits per heavy atom. The molecule has 0 atom stereocenters. The molecule has 1 heterocycles. The Bertz CT molecular complexity index is 224. The van der Waals surface area contributed by atoms with Crippen molar-refractivity contribution in [3.63, 3.8) is 0 Å². The summed E-state index contributed by atoms with van der Waals surface area (Å²) in [4.78, 5) is 3.52. The molecule has 1 rings (SSSR count). The molecule has 0 radical (unpaired) electrons. The molecule has 0 fully saturated rings. The molecule has 0 N–H and O–H groups in total. The number of halogens is 1. The lowest BCUT2D eigenvalue weighted by Gasteiger charge is -2.10. The van der Waals surface area contributed by atoms with Crippen molar-refractivity contribution in [2.45, 2.75) is 6.54 Å². The standard InChI is InChI=1S/C7H10BrNS2/c1-9(5-10)3-7-2-6(8)4-11-7/h2,4,10H,3,5H2,1H3. The summed E-state index contributed by atoms with van der Waals surface area (Å²) in [5.74, 6) is 0.801. The number of thiol groups is 1. The van der Waals surface area contributed by atoms with E-state index in [4.69, 9.17) is 0 Å². The number of rotatable bonds is 3. The fourth-order valence-electron chi connectivity index (χ4n) is 0.753. The zero-order valence-electron chi connectivity index (χ0n) is 6.25. The van der Waals surface area contributed by atoms with Crippen LogP contribution in [0.1, 0.15) is 4.88 Å². The van der Waals surface area contributed by atoms with Gasteiger partial charge >= 0.3 is 0 Å². The Morgan fingerprint density at radius 1 is 1.73 bits per heavy atom. The number of hydrogen-bond donors (Lipinski definition) is 1. The van der Waals surface area contributed by atoms with Crippen LogP contribution in [0, 0.1) is 0 Å². The predicted molar refractivity (Wildman–Crippen MR) is 57.3 cm³/mol. The van der Waals surface area contributed by atoms with Crippen LogP contribution in [0.4, 0.5) is 0 Å². The molecule has 0 unspecified atom stereocenters. The monoisotopic (exact) mass is 251 g/mol. The molecule has 1 aromatic heterocycles. The summed E-state index contributed by atoms with van der Waals surface area (Å²) in [6.07, 6.45) is 0. The highest BCUT2D eigenvalue weighted by Crippen LogP contribution is 2.20. The van der Waals surface area contributed by atoms with E-state index in [2.05, 4.69) is 52.0 Å². The van der Waals surface area contributed by atoms with Crippen LogP contribution in [0.3, 0.4) is 0 Å². The molecule has 0 saturated carbocycles. The van der Waals surface area contributed by atoms with Crippen molar-refractivity contribution in [1.29, 1.82) is 0 Å². The first kappa shape index (κ1) is 9.58. The lowest BCUT2D eigenvalue weighted by molar-refractivity contribution is 0.391. The Morgan fingerprint density at radius 2 is 2.45 bits per heavy atom. The maximum atomic E-state index is 4.17. The maximum Gasteiger partial charge on any atom is 0.0415 e. The van der Waals surface area contributed by atoms with E-state index in [1.807, 2.05) is 0 Å². The van der Waals surface area contributed by atoms with Gasteiger partial charge in [-0.3, -0.25) is 4.90 Å². The van der Waals surface area contributed by atoms with Crippen LogP contribution in [-0.4, -0.2) is 17.8 Å². The second-order valence-corrected chi connectivity index (χ2v) is 4.58. The minimum absolute atomic E-state index is 0.801. The Hall–Kier alpha value is 0.490. The zero-order chi connectivity index (χ0) is 8.27. The van der Waals surface area contributed by atoms with Crippen LogP contribution >= 0.6 is 39.9 Å². The van der Waals surface area contributed by atoms with Crippen LogP contribution in [0.5, 0.6) is 0 Å². The number of hydrogen-bond acceptors (Lipinski definition) is 3. The first-order chi connectivity index (χ1) is 5.22. The second kappa shape index (κ2) is 4.50. The normalized spacial score (nSPS) is 10.9. The maximum absolute atomic E-state index is 4.17. The number of nitrogens with zero attached hydrogens (tertiary/aromatic N) is 1. The number of thiophene rings is 1. The first-order valence-electron chi connectivity index (χ1n) is 3.24. The molecule has 0 spiro atoms. The van der Waals surface area contributed by atoms with Gasteiger partial charge in [-0.15, -0.1) is 11.3 Å². The molecule has 0 aliphatic rings. The highest BCUT2D eigenvalue weighted by atomic mass is 79.9. The van der Waals surface area contributed by atoms with Gasteiger partial charge in [-0.05, 0) is 29.0 Å². The van der Waals surface area contributed by atoms with E-state index in [0.717, 1.165) is 12.4 Å². The Labute approximate surface area is 84.9 Å². The molecule has 4 heteroatoms. The topological polar surface area (TPSA) is 3.24 Å². The third kappa shape index (κ3) is 3.15. The molecule has 11 heavy (non-hydrogen) atoms. The zero-order valence-corrected chi connectivity index (χ0v) is 9.55. The Balaban J connectivity index is 2.50. The summed E-state index contributed by atoms with van der Waals surface area (Å²) in [6.45, 7) is 0.986. The van der Waals surface area contributed by atoms with Crippen molar-refractivity contribution >= 4 is 39.9 Å². The van der Waals surface area contributed by atoms with Crippen molar-refractivity contribution in [3.05, 3.63) is 20.8 Å². The van der Waals surface area contributed by atoms with Crippen LogP contribution in [0.2, 0.25) is 0 Å². The van der Waals surface area contributed by atoms with Gasteiger partial charge < -0.3 is 0 Å². The lowest BCUT2D eigenvalue weighted by Crippen LogP contribution is -2.14. The quantitative estimate of drug-likeness (QED) is 0.639. The summed E-state index contributed by atoms with van der Waals surface area (Å²) in [5, 5.41) is 2.10. The third-order valence-corrected chi connectivity index (χ3v) is 3.45. The van der Waals surface area contributed by atoms with Crippen molar-refractivity contribution in [2.75, 3.05) is 12.9 Å². The van der Waals surface area contributed by atoms with Crippen molar-refractivity contribution in [2.24, 2.45) is 0 Å². The van der Waals surface area contributed by atoms with Crippen LogP contribution in [0.25, 0.3) is 0 Å². The SMILES string of the molecule is CN(CS)Cc1cc(Br)cs1. The highest BCUT2D eigenvalue weighted by Gasteiger charge is 1.99. The fraction of sp³-hybridized carbons (Fsp3) is 0.429. The van der Waals surface area contributed by atoms with Gasteiger partial charge in [-0.1, -0.05) is 0 Å². The van der Waals surface area contributed by atoms with Gasteiger partial charge in [-0.2, -0.15) is 12.6 Å². The molecule has 0 aliphatic heterocycles. The highest BCUT2D eigenvalue weighted by molar-refractivity contribution is 9.10. The summed E-state index contributed by atoms with van der Waals surface area (Å²) in [6, 6.07) is 2.14. The first-order valence-corrected chi connectivity index (χ1v) is 5.55. The van der Waals surface area contributed by atoms with E-state index in [1.165, 1.54) is 9.35 Å². The van der Waals surface area contributed by atoms with Gasteiger partial charge in [0.1, 0.15) is 0 Å². The lowest BCUT2D eigenvalue weighted by atomic mass is 10.4. The van der Waals surface area contributed by atoms with E-state index in [1.54, 1.807) is 11.3 Å². The smallest absolute Gasteiger partial charge is 0.0415 e. The van der Waals surface area contributed by atoms with Crippen molar-refractivity contribution in [3.8, 4) is 0 Å².